The molecule has 0 heterocycles. The lowest BCUT2D eigenvalue weighted by Gasteiger charge is -2.05. The van der Waals surface area contributed by atoms with Crippen LogP contribution in [0.25, 0.3) is 11.6 Å². The van der Waals surface area contributed by atoms with Crippen LogP contribution in [0.4, 0.5) is 5.69 Å². The van der Waals surface area contributed by atoms with Crippen molar-refractivity contribution in [3.05, 3.63) is 58.6 Å². The molecule has 0 aliphatic heterocycles. The Morgan fingerprint density at radius 2 is 1.80 bits per heavy atom. The van der Waals surface area contributed by atoms with E-state index in [0.717, 1.165) is 0 Å². The molecule has 0 spiro atoms. The van der Waals surface area contributed by atoms with E-state index in [9.17, 15) is 15.0 Å². The molecule has 20 heavy (non-hydrogen) atoms. The van der Waals surface area contributed by atoms with Gasteiger partial charge in [0.25, 0.3) is 0 Å². The zero-order valence-corrected chi connectivity index (χ0v) is 11.1. The van der Waals surface area contributed by atoms with Gasteiger partial charge in [-0.2, -0.15) is 0 Å². The molecule has 0 saturated heterocycles. The Hall–Kier alpha value is -2.46. The highest BCUT2D eigenvalue weighted by atomic mass is 35.5. The monoisotopic (exact) mass is 289 g/mol. The molecule has 4 nitrogen and oxygen atoms in total. The van der Waals surface area contributed by atoms with Gasteiger partial charge in [0.05, 0.1) is 5.57 Å². The highest BCUT2D eigenvalue weighted by Crippen LogP contribution is 2.27. The molecule has 0 amide bonds. The number of carboxylic acid groups (broad SMARTS) is 1. The fraction of sp³-hybridized carbons (Fsp3) is 0. The summed E-state index contributed by atoms with van der Waals surface area (Å²) in [7, 11) is 0. The molecule has 0 aliphatic carbocycles. The first kappa shape index (κ1) is 14.0. The van der Waals surface area contributed by atoms with E-state index in [1.807, 2.05) is 0 Å². The van der Waals surface area contributed by atoms with E-state index in [0.29, 0.717) is 21.8 Å². The van der Waals surface area contributed by atoms with E-state index in [2.05, 4.69) is 0 Å². The molecule has 2 aromatic carbocycles. The second kappa shape index (κ2) is 5.67. The van der Waals surface area contributed by atoms with Gasteiger partial charge >= 0.3 is 5.97 Å². The molecule has 4 N–H and O–H groups in total. The molecule has 0 fully saturated rings. The molecule has 0 atom stereocenters. The van der Waals surface area contributed by atoms with Gasteiger partial charge in [-0.25, -0.2) is 4.79 Å². The number of aliphatic carboxylic acids is 1. The Morgan fingerprint density at radius 1 is 1.15 bits per heavy atom. The number of hydrogen-bond acceptors (Lipinski definition) is 3. The van der Waals surface area contributed by atoms with Crippen LogP contribution in [0.15, 0.2) is 42.5 Å². The molecule has 5 heteroatoms. The van der Waals surface area contributed by atoms with Gasteiger partial charge in [0.1, 0.15) is 5.75 Å². The minimum absolute atomic E-state index is 0.0383. The van der Waals surface area contributed by atoms with Crippen molar-refractivity contribution >= 4 is 34.9 Å². The third-order valence-electron chi connectivity index (χ3n) is 2.74. The number of nitrogens with two attached hydrogens (primary N) is 1. The summed E-state index contributed by atoms with van der Waals surface area (Å²) in [5, 5.41) is 19.5. The quantitative estimate of drug-likeness (QED) is 0.460. The molecule has 0 unspecified atom stereocenters. The second-order valence-electron chi connectivity index (χ2n) is 4.19. The van der Waals surface area contributed by atoms with Crippen LogP contribution >= 0.6 is 11.6 Å². The normalized spacial score (nSPS) is 11.3. The standard InChI is InChI=1S/C15H12ClNO3/c16-11-3-6-14(18)10(7-11)8-13(15(19)20)9-1-4-12(17)5-2-9/h1-8,18H,17H2,(H,19,20)/b13-8-. The first-order valence-electron chi connectivity index (χ1n) is 5.77. The van der Waals surface area contributed by atoms with E-state index < -0.39 is 5.97 Å². The average molecular weight is 290 g/mol. The van der Waals surface area contributed by atoms with Crippen LogP contribution < -0.4 is 5.73 Å². The van der Waals surface area contributed by atoms with E-state index in [4.69, 9.17) is 17.3 Å². The number of carboxylic acids is 1. The van der Waals surface area contributed by atoms with E-state index in [1.54, 1.807) is 24.3 Å². The summed E-state index contributed by atoms with van der Waals surface area (Å²) < 4.78 is 0. The Balaban J connectivity index is 2.53. The van der Waals surface area contributed by atoms with Gasteiger partial charge in [0, 0.05) is 16.3 Å². The average Bonchev–Trinajstić information content (AvgIpc) is 2.40. The molecule has 0 aromatic heterocycles. The Bertz CT molecular complexity index is 678. The number of hydrogen-bond donors (Lipinski definition) is 3. The van der Waals surface area contributed by atoms with Gasteiger partial charge in [0.15, 0.2) is 0 Å². The summed E-state index contributed by atoms with van der Waals surface area (Å²) in [6.07, 6.45) is 1.37. The minimum Gasteiger partial charge on any atom is -0.507 e. The lowest BCUT2D eigenvalue weighted by molar-refractivity contribution is -0.130. The smallest absolute Gasteiger partial charge is 0.336 e. The number of nitrogen functional groups attached to an aromatic ring is 1. The van der Waals surface area contributed by atoms with Crippen molar-refractivity contribution in [1.29, 1.82) is 0 Å². The molecule has 0 saturated carbocycles. The maximum Gasteiger partial charge on any atom is 0.336 e. The molecule has 2 aromatic rings. The van der Waals surface area contributed by atoms with Gasteiger partial charge < -0.3 is 15.9 Å². The van der Waals surface area contributed by atoms with Crippen LogP contribution in [0.1, 0.15) is 11.1 Å². The predicted octanol–water partition coefficient (Wildman–Crippen LogP) is 3.25. The Kier molecular flexibility index (Phi) is 3.96. The summed E-state index contributed by atoms with van der Waals surface area (Å²) in [4.78, 5) is 11.4. The molecular weight excluding hydrogens is 278 g/mol. The number of carbonyl (C=O) groups is 1. The van der Waals surface area contributed by atoms with Crippen LogP contribution in [0.5, 0.6) is 5.75 Å². The lowest BCUT2D eigenvalue weighted by atomic mass is 10.0. The van der Waals surface area contributed by atoms with Crippen LogP contribution in [-0.2, 0) is 4.79 Å². The topological polar surface area (TPSA) is 83.5 Å². The molecule has 2 rings (SSSR count). The summed E-state index contributed by atoms with van der Waals surface area (Å²) in [6.45, 7) is 0. The summed E-state index contributed by atoms with van der Waals surface area (Å²) in [5.74, 6) is -1.14. The van der Waals surface area contributed by atoms with E-state index >= 15 is 0 Å². The first-order valence-corrected chi connectivity index (χ1v) is 6.14. The number of benzene rings is 2. The van der Waals surface area contributed by atoms with Gasteiger partial charge in [-0.05, 0) is 42.0 Å². The Morgan fingerprint density at radius 3 is 2.40 bits per heavy atom. The van der Waals surface area contributed by atoms with Crippen molar-refractivity contribution in [3.8, 4) is 5.75 Å². The van der Waals surface area contributed by atoms with Crippen molar-refractivity contribution in [3.63, 3.8) is 0 Å². The maximum atomic E-state index is 11.4. The third kappa shape index (κ3) is 3.10. The number of phenols is 1. The predicted molar refractivity (Wildman–Crippen MR) is 79.5 cm³/mol. The van der Waals surface area contributed by atoms with Crippen molar-refractivity contribution in [2.24, 2.45) is 0 Å². The SMILES string of the molecule is Nc1ccc(/C(=C/c2cc(Cl)ccc2O)C(=O)O)cc1. The number of halogens is 1. The summed E-state index contributed by atoms with van der Waals surface area (Å²) >= 11 is 5.84. The van der Waals surface area contributed by atoms with Crippen molar-refractivity contribution in [2.45, 2.75) is 0 Å². The van der Waals surface area contributed by atoms with Crippen LogP contribution in [-0.4, -0.2) is 16.2 Å². The fourth-order valence-electron chi connectivity index (χ4n) is 1.73. The van der Waals surface area contributed by atoms with Crippen LogP contribution in [0.2, 0.25) is 5.02 Å². The fourth-order valence-corrected chi connectivity index (χ4v) is 1.91. The number of phenolic OH excluding ortho intramolecular Hbond substituents is 1. The van der Waals surface area contributed by atoms with Gasteiger partial charge in [-0.15, -0.1) is 0 Å². The summed E-state index contributed by atoms with van der Waals surface area (Å²) in [6, 6.07) is 10.9. The van der Waals surface area contributed by atoms with E-state index in [-0.39, 0.29) is 11.3 Å². The second-order valence-corrected chi connectivity index (χ2v) is 4.62. The third-order valence-corrected chi connectivity index (χ3v) is 2.98. The molecule has 0 bridgehead atoms. The molecular formula is C15H12ClNO3. The molecule has 0 radical (unpaired) electrons. The number of rotatable bonds is 3. The summed E-state index contributed by atoms with van der Waals surface area (Å²) in [5.41, 5.74) is 7.00. The van der Waals surface area contributed by atoms with Crippen molar-refractivity contribution in [1.82, 2.24) is 0 Å². The minimum atomic E-state index is -1.10. The van der Waals surface area contributed by atoms with Gasteiger partial charge in [-0.3, -0.25) is 0 Å². The van der Waals surface area contributed by atoms with Crippen LogP contribution in [0.3, 0.4) is 0 Å². The largest absolute Gasteiger partial charge is 0.507 e. The maximum absolute atomic E-state index is 11.4. The number of aromatic hydroxyl groups is 1. The lowest BCUT2D eigenvalue weighted by Crippen LogP contribution is -2.00. The van der Waals surface area contributed by atoms with Gasteiger partial charge in [0.2, 0.25) is 0 Å². The van der Waals surface area contributed by atoms with Crippen LogP contribution in [0, 0.1) is 0 Å². The zero-order valence-electron chi connectivity index (χ0n) is 10.4. The highest BCUT2D eigenvalue weighted by Gasteiger charge is 2.12. The Labute approximate surface area is 120 Å². The van der Waals surface area contributed by atoms with E-state index in [1.165, 1.54) is 24.3 Å². The van der Waals surface area contributed by atoms with Crippen molar-refractivity contribution in [2.75, 3.05) is 5.73 Å². The molecule has 0 aliphatic rings. The number of anilines is 1. The molecule has 102 valence electrons. The highest BCUT2D eigenvalue weighted by molar-refractivity contribution is 6.31. The van der Waals surface area contributed by atoms with Gasteiger partial charge in [-0.1, -0.05) is 23.7 Å². The first-order chi connectivity index (χ1) is 9.47. The zero-order chi connectivity index (χ0) is 14.7. The van der Waals surface area contributed by atoms with Crippen molar-refractivity contribution < 1.29 is 15.0 Å².